The van der Waals surface area contributed by atoms with Crippen LogP contribution in [0.2, 0.25) is 0 Å². The molecule has 0 aromatic rings. The average molecular weight is 344 g/mol. The molecule has 0 radical (unpaired) electrons. The van der Waals surface area contributed by atoms with Gasteiger partial charge in [0, 0.05) is 6.42 Å². The summed E-state index contributed by atoms with van der Waals surface area (Å²) in [7, 11) is 0. The first-order valence-electron chi connectivity index (χ1n) is 5.96. The van der Waals surface area contributed by atoms with Crippen LogP contribution < -0.4 is 21.1 Å². The summed E-state index contributed by atoms with van der Waals surface area (Å²) in [6.45, 7) is -0.608. The first-order valence-corrected chi connectivity index (χ1v) is 7.83. The molecule has 3 amide bonds. The summed E-state index contributed by atoms with van der Waals surface area (Å²) in [5, 5.41) is 24.6. The number of hydrogen-bond donors (Lipinski definition) is 3. The summed E-state index contributed by atoms with van der Waals surface area (Å²) in [6, 6.07) is 0. The number of carboxylic acids is 1. The van der Waals surface area contributed by atoms with E-state index in [-0.39, 0.29) is 23.2 Å². The van der Waals surface area contributed by atoms with Gasteiger partial charge in [-0.05, 0) is 0 Å². The molecule has 10 nitrogen and oxygen atoms in total. The zero-order chi connectivity index (χ0) is 16.1. The Hall–Kier alpha value is -2.08. The molecule has 2 aliphatic rings. The van der Waals surface area contributed by atoms with Crippen molar-refractivity contribution in [2.24, 2.45) is 10.2 Å². The van der Waals surface area contributed by atoms with Gasteiger partial charge in [-0.15, -0.1) is 10.2 Å². The number of amidine groups is 2. The van der Waals surface area contributed by atoms with Crippen molar-refractivity contribution >= 4 is 57.5 Å². The van der Waals surface area contributed by atoms with Crippen LogP contribution in [-0.2, 0) is 19.2 Å². The molecule has 2 aliphatic heterocycles. The van der Waals surface area contributed by atoms with Crippen molar-refractivity contribution in [2.75, 3.05) is 12.3 Å². The molecule has 3 N–H and O–H groups in total. The van der Waals surface area contributed by atoms with Crippen molar-refractivity contribution in [3.05, 3.63) is 0 Å². The lowest BCUT2D eigenvalue weighted by Crippen LogP contribution is -2.39. The highest BCUT2D eigenvalue weighted by Crippen LogP contribution is 2.22. The molecular formula is C10H10N5O5S2-. The average Bonchev–Trinajstić information content (AvgIpc) is 3.01. The van der Waals surface area contributed by atoms with Gasteiger partial charge in [0.1, 0.15) is 5.25 Å². The summed E-state index contributed by atoms with van der Waals surface area (Å²) >= 11 is 2.19. The monoisotopic (exact) mass is 344 g/mol. The molecule has 0 aliphatic carbocycles. The van der Waals surface area contributed by atoms with Gasteiger partial charge in [-0.2, -0.15) is 0 Å². The topological polar surface area (TPSA) is 152 Å². The number of thioether (sulfide) groups is 2. The van der Waals surface area contributed by atoms with Gasteiger partial charge in [-0.3, -0.25) is 14.4 Å². The number of nitrogens with one attached hydrogen (secondary N) is 3. The smallest absolute Gasteiger partial charge is 0.240 e. The minimum atomic E-state index is -1.41. The highest BCUT2D eigenvalue weighted by atomic mass is 32.2. The quantitative estimate of drug-likeness (QED) is 0.448. The van der Waals surface area contributed by atoms with Crippen LogP contribution >= 0.6 is 23.5 Å². The Bertz CT molecular complexity index is 590. The fraction of sp³-hybridized carbons (Fsp3) is 0.400. The Labute approximate surface area is 132 Å². The number of amides is 3. The molecule has 1 atom stereocenters. The zero-order valence-electron chi connectivity index (χ0n) is 11.0. The molecule has 2 rings (SSSR count). The molecule has 0 spiro atoms. The van der Waals surface area contributed by atoms with E-state index in [9.17, 15) is 24.3 Å². The van der Waals surface area contributed by atoms with E-state index in [0.29, 0.717) is 5.17 Å². The second-order valence-corrected chi connectivity index (χ2v) is 6.25. The standard InChI is InChI=1S/C10H11N5O5S2/c16-5(11-2-7(18)19)1-4-8(20)13-10(22-4)15-14-9-12-6(17)3-21-9/h4H,1-3H2,(H,11,16)(H,18,19)(H,12,14,17)(H,13,15,20)/p-1/t4-/m0/s1. The van der Waals surface area contributed by atoms with Gasteiger partial charge in [0.25, 0.3) is 0 Å². The van der Waals surface area contributed by atoms with E-state index in [1.807, 2.05) is 0 Å². The number of rotatable bonds is 5. The third-order valence-electron chi connectivity index (χ3n) is 2.40. The maximum Gasteiger partial charge on any atom is 0.240 e. The van der Waals surface area contributed by atoms with Gasteiger partial charge in [0.2, 0.25) is 17.7 Å². The lowest BCUT2D eigenvalue weighted by atomic mass is 10.2. The molecule has 118 valence electrons. The number of carbonyl (C=O) groups excluding carboxylic acids is 4. The summed E-state index contributed by atoms with van der Waals surface area (Å²) in [6.07, 6.45) is -0.190. The minimum absolute atomic E-state index is 0.172. The molecule has 0 aromatic heterocycles. The molecule has 2 fully saturated rings. The first-order chi connectivity index (χ1) is 10.4. The fourth-order valence-electron chi connectivity index (χ4n) is 1.47. The van der Waals surface area contributed by atoms with Crippen molar-refractivity contribution in [1.82, 2.24) is 16.0 Å². The Balaban J connectivity index is 1.86. The highest BCUT2D eigenvalue weighted by molar-refractivity contribution is 8.15. The maximum absolute atomic E-state index is 11.7. The fourth-order valence-corrected chi connectivity index (χ4v) is 3.01. The van der Waals surface area contributed by atoms with Crippen LogP contribution in [0.4, 0.5) is 0 Å². The van der Waals surface area contributed by atoms with Gasteiger partial charge in [0.05, 0.1) is 18.3 Å². The van der Waals surface area contributed by atoms with Gasteiger partial charge in [0.15, 0.2) is 10.3 Å². The van der Waals surface area contributed by atoms with E-state index in [1.165, 1.54) is 11.8 Å². The number of aliphatic carboxylic acids is 1. The van der Waals surface area contributed by atoms with Crippen LogP contribution in [0.1, 0.15) is 6.42 Å². The summed E-state index contributed by atoms with van der Waals surface area (Å²) in [5.74, 6) is -2.32. The molecule has 22 heavy (non-hydrogen) atoms. The summed E-state index contributed by atoms with van der Waals surface area (Å²) in [4.78, 5) is 44.3. The van der Waals surface area contributed by atoms with Crippen LogP contribution in [0.3, 0.4) is 0 Å². The van der Waals surface area contributed by atoms with Gasteiger partial charge >= 0.3 is 0 Å². The third kappa shape index (κ3) is 4.73. The second kappa shape index (κ2) is 7.26. The SMILES string of the molecule is O=C([O-])CNC(=O)C[C@@H]1S/C(=N\N=C2/NC(=O)CS2)NC1=O. The molecule has 0 aromatic carbocycles. The Kier molecular flexibility index (Phi) is 5.38. The zero-order valence-corrected chi connectivity index (χ0v) is 12.6. The summed E-state index contributed by atoms with van der Waals surface area (Å²) in [5.41, 5.74) is 0. The van der Waals surface area contributed by atoms with Crippen molar-refractivity contribution in [3.8, 4) is 0 Å². The maximum atomic E-state index is 11.7. The van der Waals surface area contributed by atoms with Crippen LogP contribution in [0.5, 0.6) is 0 Å². The Morgan fingerprint density at radius 2 is 2.00 bits per heavy atom. The van der Waals surface area contributed by atoms with Crippen LogP contribution in [0.15, 0.2) is 10.2 Å². The number of carboxylic acid groups (broad SMARTS) is 1. The van der Waals surface area contributed by atoms with Gasteiger partial charge < -0.3 is 25.9 Å². The van der Waals surface area contributed by atoms with Crippen molar-refractivity contribution < 1.29 is 24.3 Å². The molecule has 0 unspecified atom stereocenters. The largest absolute Gasteiger partial charge is 0.548 e. The van der Waals surface area contributed by atoms with Gasteiger partial charge in [-0.25, -0.2) is 0 Å². The van der Waals surface area contributed by atoms with Crippen molar-refractivity contribution in [3.63, 3.8) is 0 Å². The van der Waals surface area contributed by atoms with E-state index in [1.54, 1.807) is 0 Å². The molecule has 2 saturated heterocycles. The van der Waals surface area contributed by atoms with E-state index >= 15 is 0 Å². The van der Waals surface area contributed by atoms with E-state index < -0.39 is 29.6 Å². The lowest BCUT2D eigenvalue weighted by Gasteiger charge is -2.07. The van der Waals surface area contributed by atoms with E-state index in [4.69, 9.17) is 0 Å². The lowest BCUT2D eigenvalue weighted by molar-refractivity contribution is -0.304. The first kappa shape index (κ1) is 16.3. The molecule has 12 heteroatoms. The molecule has 0 bridgehead atoms. The normalized spacial score (nSPS) is 24.5. The predicted octanol–water partition coefficient (Wildman–Crippen LogP) is -3.04. The number of hydrogen-bond acceptors (Lipinski definition) is 9. The molecule has 0 saturated carbocycles. The van der Waals surface area contributed by atoms with Crippen LogP contribution in [0.25, 0.3) is 0 Å². The summed E-state index contributed by atoms with van der Waals surface area (Å²) < 4.78 is 0. The Morgan fingerprint density at radius 3 is 2.64 bits per heavy atom. The number of carbonyl (C=O) groups is 4. The van der Waals surface area contributed by atoms with Crippen molar-refractivity contribution in [1.29, 1.82) is 0 Å². The predicted molar refractivity (Wildman–Crippen MR) is 77.6 cm³/mol. The minimum Gasteiger partial charge on any atom is -0.548 e. The number of nitrogens with zero attached hydrogens (tertiary/aromatic N) is 2. The Morgan fingerprint density at radius 1 is 1.27 bits per heavy atom. The van der Waals surface area contributed by atoms with Crippen LogP contribution in [-0.4, -0.2) is 51.6 Å². The second-order valence-electron chi connectivity index (χ2n) is 4.10. The van der Waals surface area contributed by atoms with E-state index in [0.717, 1.165) is 11.8 Å². The highest BCUT2D eigenvalue weighted by Gasteiger charge is 2.32. The van der Waals surface area contributed by atoms with Crippen LogP contribution in [0, 0.1) is 0 Å². The van der Waals surface area contributed by atoms with Crippen molar-refractivity contribution in [2.45, 2.75) is 11.7 Å². The van der Waals surface area contributed by atoms with E-state index in [2.05, 4.69) is 26.2 Å². The third-order valence-corrected chi connectivity index (χ3v) is 4.33. The van der Waals surface area contributed by atoms with Gasteiger partial charge in [-0.1, -0.05) is 23.5 Å². The molecule has 2 heterocycles. The molecular weight excluding hydrogens is 334 g/mol.